The second kappa shape index (κ2) is 7.62. The van der Waals surface area contributed by atoms with Gasteiger partial charge in [-0.05, 0) is 46.8 Å². The van der Waals surface area contributed by atoms with Crippen LogP contribution < -0.4 is 0 Å². The van der Waals surface area contributed by atoms with E-state index < -0.39 is 36.5 Å². The lowest BCUT2D eigenvalue weighted by Crippen LogP contribution is -2.39. The topological polar surface area (TPSA) is 78.9 Å². The summed E-state index contributed by atoms with van der Waals surface area (Å²) >= 11 is 0. The molecular formula is C14H21O6PS. The molecule has 0 heterocycles. The van der Waals surface area contributed by atoms with E-state index in [-0.39, 0.29) is 4.90 Å². The van der Waals surface area contributed by atoms with Crippen molar-refractivity contribution in [1.29, 1.82) is 0 Å². The first-order valence-electron chi connectivity index (χ1n) is 6.82. The summed E-state index contributed by atoms with van der Waals surface area (Å²) in [6.07, 6.45) is -0.901. The first-order valence-corrected chi connectivity index (χ1v) is 9.05. The Kier molecular flexibility index (Phi) is 6.65. The first-order chi connectivity index (χ1) is 10.1. The minimum atomic E-state index is -4.19. The lowest BCUT2D eigenvalue weighted by Gasteiger charge is -2.29. The number of rotatable bonds is 8. The van der Waals surface area contributed by atoms with Crippen molar-refractivity contribution in [1.82, 2.24) is 0 Å². The van der Waals surface area contributed by atoms with Crippen LogP contribution in [0.1, 0.15) is 33.3 Å². The zero-order valence-corrected chi connectivity index (χ0v) is 15.0. The molecule has 0 atom stereocenters. The lowest BCUT2D eigenvalue weighted by atomic mass is 10.2. The summed E-state index contributed by atoms with van der Waals surface area (Å²) < 4.78 is 51.9. The lowest BCUT2D eigenvalue weighted by molar-refractivity contribution is -0.305. The van der Waals surface area contributed by atoms with Crippen LogP contribution in [0.3, 0.4) is 0 Å². The van der Waals surface area contributed by atoms with Crippen LogP contribution in [0.5, 0.6) is 0 Å². The van der Waals surface area contributed by atoms with E-state index >= 15 is 0 Å². The highest BCUT2D eigenvalue weighted by Crippen LogP contribution is 2.34. The van der Waals surface area contributed by atoms with E-state index in [1.807, 2.05) is 6.92 Å². The smallest absolute Gasteiger partial charge is 0.314 e. The predicted octanol–water partition coefficient (Wildman–Crippen LogP) is 3.45. The highest BCUT2D eigenvalue weighted by Gasteiger charge is 2.43. The van der Waals surface area contributed by atoms with Gasteiger partial charge < -0.3 is 9.47 Å². The molecule has 0 amide bonds. The molecule has 0 aliphatic rings. The monoisotopic (exact) mass is 348 g/mol. The first kappa shape index (κ1) is 19.2. The molecule has 0 aliphatic carbocycles. The van der Waals surface area contributed by atoms with Crippen LogP contribution in [0.25, 0.3) is 0 Å². The van der Waals surface area contributed by atoms with Crippen molar-refractivity contribution in [3.05, 3.63) is 29.8 Å². The maximum atomic E-state index is 12.4. The molecular weight excluding hydrogens is 327 g/mol. The predicted molar refractivity (Wildman–Crippen MR) is 82.2 cm³/mol. The highest BCUT2D eigenvalue weighted by molar-refractivity contribution is 7.87. The third-order valence-electron chi connectivity index (χ3n) is 2.41. The minimum absolute atomic E-state index is 0.0640. The van der Waals surface area contributed by atoms with E-state index in [9.17, 15) is 13.0 Å². The van der Waals surface area contributed by atoms with Crippen LogP contribution in [0.4, 0.5) is 0 Å². The highest BCUT2D eigenvalue weighted by atomic mass is 32.2. The summed E-state index contributed by atoms with van der Waals surface area (Å²) in [5.74, 6) is 0. The van der Waals surface area contributed by atoms with Crippen LogP contribution >= 0.6 is 8.46 Å². The van der Waals surface area contributed by atoms with Crippen molar-refractivity contribution in [2.75, 3.05) is 0 Å². The molecule has 1 aromatic rings. The van der Waals surface area contributed by atoms with Gasteiger partial charge in [0.25, 0.3) is 8.46 Å². The summed E-state index contributed by atoms with van der Waals surface area (Å²) in [6.45, 7) is 8.47. The fourth-order valence-corrected chi connectivity index (χ4v) is 3.46. The average Bonchev–Trinajstić information content (AvgIpc) is 2.36. The van der Waals surface area contributed by atoms with Crippen molar-refractivity contribution in [3.63, 3.8) is 0 Å². The van der Waals surface area contributed by atoms with Crippen molar-refractivity contribution < 1.29 is 26.6 Å². The molecule has 6 nitrogen and oxygen atoms in total. The van der Waals surface area contributed by atoms with Gasteiger partial charge in [-0.2, -0.15) is 12.6 Å². The normalized spacial score (nSPS) is 13.2. The zero-order chi connectivity index (χ0) is 17.0. The van der Waals surface area contributed by atoms with Gasteiger partial charge in [-0.1, -0.05) is 17.7 Å². The fourth-order valence-electron chi connectivity index (χ4n) is 1.61. The summed E-state index contributed by atoms with van der Waals surface area (Å²) in [4.78, 5) is -0.0640. The standard InChI is InChI=1S/C14H21O6PS/c1-10(2)18-14(21-15,19-11(3)4)20-22(16,17)13-8-6-12(5)7-9-13/h6-11H,1-5H3. The minimum Gasteiger partial charge on any atom is -0.314 e. The molecule has 0 saturated heterocycles. The second-order valence-electron chi connectivity index (χ2n) is 5.30. The molecule has 0 bridgehead atoms. The Balaban J connectivity index is 3.15. The summed E-state index contributed by atoms with van der Waals surface area (Å²) in [6, 6.07) is 6.09. The van der Waals surface area contributed by atoms with Crippen molar-refractivity contribution in [2.45, 2.75) is 57.4 Å². The van der Waals surface area contributed by atoms with Crippen molar-refractivity contribution in [3.8, 4) is 0 Å². The SMILES string of the molecule is Cc1ccc(S(=O)(=O)OC(OC(C)C)(OC(C)C)P=O)cc1. The molecule has 1 rings (SSSR count). The number of ether oxygens (including phenoxy) is 2. The molecule has 0 unspecified atom stereocenters. The molecule has 124 valence electrons. The van der Waals surface area contributed by atoms with Gasteiger partial charge in [-0.3, -0.25) is 4.57 Å². The number of benzene rings is 1. The molecule has 22 heavy (non-hydrogen) atoms. The van der Waals surface area contributed by atoms with Gasteiger partial charge in [0.1, 0.15) is 0 Å². The molecule has 0 fully saturated rings. The Labute approximate surface area is 133 Å². The molecule has 0 aromatic heterocycles. The molecule has 0 saturated carbocycles. The van der Waals surface area contributed by atoms with E-state index in [4.69, 9.17) is 13.7 Å². The van der Waals surface area contributed by atoms with Gasteiger partial charge >= 0.3 is 15.8 Å². The van der Waals surface area contributed by atoms with Crippen LogP contribution in [0, 0.1) is 6.92 Å². The van der Waals surface area contributed by atoms with Gasteiger partial charge in [0.05, 0.1) is 17.1 Å². The van der Waals surface area contributed by atoms with Crippen LogP contribution in [0.15, 0.2) is 29.2 Å². The van der Waals surface area contributed by atoms with Gasteiger partial charge in [-0.15, -0.1) is 0 Å². The van der Waals surface area contributed by atoms with Crippen LogP contribution in [-0.2, 0) is 28.3 Å². The summed E-state index contributed by atoms with van der Waals surface area (Å²) in [7, 11) is -4.93. The number of hydrogen-bond donors (Lipinski definition) is 0. The molecule has 0 radical (unpaired) electrons. The fraction of sp³-hybridized carbons (Fsp3) is 0.571. The molecule has 0 aliphatic heterocycles. The summed E-state index contributed by atoms with van der Waals surface area (Å²) in [5.41, 5.74) is -1.30. The van der Waals surface area contributed by atoms with Crippen molar-refractivity contribution in [2.24, 2.45) is 0 Å². The number of hydrogen-bond acceptors (Lipinski definition) is 6. The Bertz CT molecular complexity index is 584. The third kappa shape index (κ3) is 5.41. The Hall–Kier alpha value is -0.850. The maximum Gasteiger partial charge on any atom is 0.383 e. The van der Waals surface area contributed by atoms with Crippen LogP contribution in [0.2, 0.25) is 0 Å². The van der Waals surface area contributed by atoms with Gasteiger partial charge in [0.2, 0.25) is 0 Å². The number of aryl methyl sites for hydroxylation is 1. The zero-order valence-electron chi connectivity index (χ0n) is 13.3. The molecule has 0 N–H and O–H groups in total. The third-order valence-corrected chi connectivity index (χ3v) is 4.34. The second-order valence-corrected chi connectivity index (χ2v) is 7.58. The average molecular weight is 348 g/mol. The molecule has 1 aromatic carbocycles. The molecule has 8 heteroatoms. The summed E-state index contributed by atoms with van der Waals surface area (Å²) in [5, 5.41) is 0. The van der Waals surface area contributed by atoms with E-state index in [0.29, 0.717) is 0 Å². The van der Waals surface area contributed by atoms with E-state index in [0.717, 1.165) is 5.56 Å². The Morgan fingerprint density at radius 3 is 1.82 bits per heavy atom. The quantitative estimate of drug-likeness (QED) is 0.407. The van der Waals surface area contributed by atoms with Gasteiger partial charge in [0, 0.05) is 0 Å². The van der Waals surface area contributed by atoms with Crippen molar-refractivity contribution >= 4 is 18.6 Å². The molecule has 0 spiro atoms. The van der Waals surface area contributed by atoms with Crippen LogP contribution in [-0.4, -0.2) is 26.3 Å². The maximum absolute atomic E-state index is 12.4. The van der Waals surface area contributed by atoms with E-state index in [1.165, 1.54) is 12.1 Å². The van der Waals surface area contributed by atoms with E-state index in [1.54, 1.807) is 39.8 Å². The largest absolute Gasteiger partial charge is 0.383 e. The van der Waals surface area contributed by atoms with Gasteiger partial charge in [0.15, 0.2) is 0 Å². The Morgan fingerprint density at radius 1 is 1.00 bits per heavy atom. The van der Waals surface area contributed by atoms with Gasteiger partial charge in [-0.25, -0.2) is 0 Å². The Morgan fingerprint density at radius 2 is 1.45 bits per heavy atom. The van der Waals surface area contributed by atoms with E-state index in [2.05, 4.69) is 0 Å².